The first-order chi connectivity index (χ1) is 6.83. The van der Waals surface area contributed by atoms with Crippen molar-refractivity contribution in [3.8, 4) is 0 Å². The molecule has 2 aliphatic rings. The van der Waals surface area contributed by atoms with E-state index in [2.05, 4.69) is 27.7 Å². The highest BCUT2D eigenvalue weighted by Crippen LogP contribution is 2.48. The predicted molar refractivity (Wildman–Crippen MR) is 60.7 cm³/mol. The topological polar surface area (TPSA) is 18.5 Å². The molecule has 0 aliphatic carbocycles. The molecule has 0 N–H and O–H groups in total. The average molecular weight is 212 g/mol. The highest BCUT2D eigenvalue weighted by atomic mass is 16.7. The zero-order valence-electron chi connectivity index (χ0n) is 10.6. The van der Waals surface area contributed by atoms with Crippen LogP contribution in [-0.2, 0) is 9.47 Å². The second-order valence-corrected chi connectivity index (χ2v) is 6.79. The van der Waals surface area contributed by atoms with Crippen LogP contribution in [0.5, 0.6) is 0 Å². The third-order valence-corrected chi connectivity index (χ3v) is 3.78. The van der Waals surface area contributed by atoms with Gasteiger partial charge in [0.1, 0.15) is 0 Å². The van der Waals surface area contributed by atoms with Gasteiger partial charge >= 0.3 is 0 Å². The van der Waals surface area contributed by atoms with Crippen molar-refractivity contribution in [3.05, 3.63) is 0 Å². The van der Waals surface area contributed by atoms with E-state index in [-0.39, 0.29) is 5.79 Å². The molecule has 0 aromatic carbocycles. The molecule has 2 aliphatic heterocycles. The van der Waals surface area contributed by atoms with Crippen molar-refractivity contribution in [1.29, 1.82) is 0 Å². The lowest BCUT2D eigenvalue weighted by atomic mass is 9.72. The normalized spacial score (nSPS) is 32.8. The van der Waals surface area contributed by atoms with E-state index in [0.717, 1.165) is 38.9 Å². The van der Waals surface area contributed by atoms with Gasteiger partial charge in [-0.2, -0.15) is 0 Å². The lowest BCUT2D eigenvalue weighted by Gasteiger charge is -2.50. The Morgan fingerprint density at radius 2 is 1.13 bits per heavy atom. The van der Waals surface area contributed by atoms with Crippen LogP contribution in [0.4, 0.5) is 0 Å². The monoisotopic (exact) mass is 212 g/mol. The highest BCUT2D eigenvalue weighted by molar-refractivity contribution is 4.91. The summed E-state index contributed by atoms with van der Waals surface area (Å²) in [6.07, 6.45) is 4.39. The third-order valence-electron chi connectivity index (χ3n) is 3.78. The summed E-state index contributed by atoms with van der Waals surface area (Å²) in [5.41, 5.74) is 0.733. The minimum atomic E-state index is -0.274. The smallest absolute Gasteiger partial charge is 0.169 e. The van der Waals surface area contributed by atoms with E-state index in [1.165, 1.54) is 0 Å². The molecule has 0 aromatic heterocycles. The lowest BCUT2D eigenvalue weighted by molar-refractivity contribution is -0.306. The van der Waals surface area contributed by atoms with Gasteiger partial charge in [0.2, 0.25) is 0 Å². The van der Waals surface area contributed by atoms with E-state index in [4.69, 9.17) is 9.47 Å². The minimum Gasteiger partial charge on any atom is -0.350 e. The molecule has 1 spiro atoms. The Balaban J connectivity index is 2.12. The van der Waals surface area contributed by atoms with Gasteiger partial charge in [-0.1, -0.05) is 27.7 Å². The van der Waals surface area contributed by atoms with Gasteiger partial charge in [0, 0.05) is 12.8 Å². The van der Waals surface area contributed by atoms with E-state index in [1.54, 1.807) is 0 Å². The zero-order chi connectivity index (χ0) is 11.2. The zero-order valence-corrected chi connectivity index (χ0v) is 10.6. The molecule has 0 amide bonds. The Hall–Kier alpha value is -0.0800. The minimum absolute atomic E-state index is 0.274. The Morgan fingerprint density at radius 1 is 0.733 bits per heavy atom. The fraction of sp³-hybridized carbons (Fsp3) is 1.00. The molecule has 2 rings (SSSR count). The van der Waals surface area contributed by atoms with Crippen molar-refractivity contribution < 1.29 is 9.47 Å². The number of rotatable bonds is 0. The molecule has 2 saturated heterocycles. The van der Waals surface area contributed by atoms with Gasteiger partial charge in [0.25, 0.3) is 0 Å². The van der Waals surface area contributed by atoms with E-state index in [1.807, 2.05) is 0 Å². The van der Waals surface area contributed by atoms with Crippen molar-refractivity contribution in [3.63, 3.8) is 0 Å². The summed E-state index contributed by atoms with van der Waals surface area (Å²) in [6.45, 7) is 11.0. The molecule has 0 aromatic rings. The second-order valence-electron chi connectivity index (χ2n) is 6.79. The van der Waals surface area contributed by atoms with Crippen LogP contribution in [-0.4, -0.2) is 19.0 Å². The van der Waals surface area contributed by atoms with Gasteiger partial charge in [-0.25, -0.2) is 0 Å². The fourth-order valence-electron chi connectivity index (χ4n) is 2.97. The summed E-state index contributed by atoms with van der Waals surface area (Å²) in [6, 6.07) is 0. The van der Waals surface area contributed by atoms with E-state index in [0.29, 0.717) is 10.8 Å². The molecular weight excluding hydrogens is 188 g/mol. The largest absolute Gasteiger partial charge is 0.350 e. The van der Waals surface area contributed by atoms with Crippen molar-refractivity contribution in [2.45, 2.75) is 59.2 Å². The first-order valence-corrected chi connectivity index (χ1v) is 6.11. The van der Waals surface area contributed by atoms with Crippen LogP contribution >= 0.6 is 0 Å². The van der Waals surface area contributed by atoms with Gasteiger partial charge in [-0.15, -0.1) is 0 Å². The summed E-state index contributed by atoms with van der Waals surface area (Å²) >= 11 is 0. The fourth-order valence-corrected chi connectivity index (χ4v) is 2.97. The molecule has 0 unspecified atom stereocenters. The molecule has 2 heteroatoms. The summed E-state index contributed by atoms with van der Waals surface area (Å²) in [7, 11) is 0. The van der Waals surface area contributed by atoms with Crippen molar-refractivity contribution in [2.24, 2.45) is 10.8 Å². The van der Waals surface area contributed by atoms with E-state index in [9.17, 15) is 0 Å². The molecule has 0 saturated carbocycles. The summed E-state index contributed by atoms with van der Waals surface area (Å²) in [4.78, 5) is 0. The van der Waals surface area contributed by atoms with Gasteiger partial charge < -0.3 is 9.47 Å². The first-order valence-electron chi connectivity index (χ1n) is 6.11. The first kappa shape index (κ1) is 11.4. The third kappa shape index (κ3) is 2.54. The van der Waals surface area contributed by atoms with E-state index < -0.39 is 0 Å². The maximum absolute atomic E-state index is 5.96. The van der Waals surface area contributed by atoms with Crippen LogP contribution < -0.4 is 0 Å². The van der Waals surface area contributed by atoms with Crippen molar-refractivity contribution in [1.82, 2.24) is 0 Å². The Bertz CT molecular complexity index is 217. The van der Waals surface area contributed by atoms with Crippen LogP contribution in [0.15, 0.2) is 0 Å². The molecule has 0 bridgehead atoms. The maximum atomic E-state index is 5.96. The SMILES string of the molecule is CC1(C)CCOC2(C1)CC(C)(C)CCO2. The van der Waals surface area contributed by atoms with Gasteiger partial charge in [-0.3, -0.25) is 0 Å². The molecule has 15 heavy (non-hydrogen) atoms. The standard InChI is InChI=1S/C13H24O2/c1-11(2)5-7-14-13(9-11)10-12(3,4)6-8-15-13/h5-10H2,1-4H3. The average Bonchev–Trinajstić information content (AvgIpc) is 1.98. The summed E-state index contributed by atoms with van der Waals surface area (Å²) in [5.74, 6) is -0.274. The van der Waals surface area contributed by atoms with Crippen LogP contribution in [0.2, 0.25) is 0 Å². The molecular formula is C13H24O2. The van der Waals surface area contributed by atoms with Crippen molar-refractivity contribution >= 4 is 0 Å². The Labute approximate surface area is 93.3 Å². The van der Waals surface area contributed by atoms with Gasteiger partial charge in [-0.05, 0) is 23.7 Å². The molecule has 2 nitrogen and oxygen atoms in total. The summed E-state index contributed by atoms with van der Waals surface area (Å²) < 4.78 is 11.9. The highest BCUT2D eigenvalue weighted by Gasteiger charge is 2.47. The van der Waals surface area contributed by atoms with Crippen LogP contribution in [0, 0.1) is 10.8 Å². The van der Waals surface area contributed by atoms with Crippen molar-refractivity contribution in [2.75, 3.05) is 13.2 Å². The lowest BCUT2D eigenvalue weighted by Crippen LogP contribution is -2.51. The number of ether oxygens (including phenoxy) is 2. The van der Waals surface area contributed by atoms with Gasteiger partial charge in [0.05, 0.1) is 13.2 Å². The van der Waals surface area contributed by atoms with Crippen LogP contribution in [0.3, 0.4) is 0 Å². The van der Waals surface area contributed by atoms with Crippen LogP contribution in [0.1, 0.15) is 53.4 Å². The van der Waals surface area contributed by atoms with Gasteiger partial charge in [0.15, 0.2) is 5.79 Å². The second kappa shape index (κ2) is 3.46. The molecule has 2 fully saturated rings. The maximum Gasteiger partial charge on any atom is 0.169 e. The molecule has 0 radical (unpaired) electrons. The quantitative estimate of drug-likeness (QED) is 0.613. The van der Waals surface area contributed by atoms with Crippen LogP contribution in [0.25, 0.3) is 0 Å². The molecule has 88 valence electrons. The molecule has 0 atom stereocenters. The summed E-state index contributed by atoms with van der Waals surface area (Å²) in [5, 5.41) is 0. The Morgan fingerprint density at radius 3 is 1.47 bits per heavy atom. The molecule has 2 heterocycles. The Kier molecular flexibility index (Phi) is 2.63. The predicted octanol–water partition coefficient (Wildman–Crippen LogP) is 3.36. The van der Waals surface area contributed by atoms with E-state index >= 15 is 0 Å². The number of hydrogen-bond acceptors (Lipinski definition) is 2. The number of hydrogen-bond donors (Lipinski definition) is 0.